The van der Waals surface area contributed by atoms with Gasteiger partial charge in [-0.15, -0.1) is 0 Å². The van der Waals surface area contributed by atoms with Crippen molar-refractivity contribution in [2.45, 2.75) is 6.92 Å². The quantitative estimate of drug-likeness (QED) is 0.509. The molecule has 0 saturated carbocycles. The number of nitrogens with zero attached hydrogens (tertiary/aromatic N) is 5. The number of benzene rings is 2. The number of rotatable bonds is 4. The number of hydrogen-bond acceptors (Lipinski definition) is 5. The van der Waals surface area contributed by atoms with Gasteiger partial charge in [0.25, 0.3) is 5.91 Å². The lowest BCUT2D eigenvalue weighted by Crippen LogP contribution is -2.49. The molecule has 7 nitrogen and oxygen atoms in total. The van der Waals surface area contributed by atoms with Crippen LogP contribution in [0, 0.1) is 6.92 Å². The van der Waals surface area contributed by atoms with E-state index in [1.54, 1.807) is 18.7 Å². The summed E-state index contributed by atoms with van der Waals surface area (Å²) in [5, 5.41) is 0. The minimum atomic E-state index is 0.0111. The molecule has 0 atom stereocenters. The Balaban J connectivity index is 1.25. The Hall–Kier alpha value is -3.87. The van der Waals surface area contributed by atoms with Crippen molar-refractivity contribution >= 4 is 11.6 Å². The molecule has 0 bridgehead atoms. The number of oxazole rings is 1. The van der Waals surface area contributed by atoms with Crippen molar-refractivity contribution < 1.29 is 9.21 Å². The topological polar surface area (TPSA) is 67.4 Å². The summed E-state index contributed by atoms with van der Waals surface area (Å²) in [5.74, 6) is 1.44. The molecule has 1 saturated heterocycles. The fourth-order valence-corrected chi connectivity index (χ4v) is 3.91. The predicted molar refractivity (Wildman–Crippen MR) is 118 cm³/mol. The first kappa shape index (κ1) is 19.1. The number of amides is 1. The van der Waals surface area contributed by atoms with E-state index >= 15 is 0 Å². The fourth-order valence-electron chi connectivity index (χ4n) is 3.91. The molecule has 0 unspecified atom stereocenters. The fraction of sp³-hybridized carbons (Fsp3) is 0.208. The number of anilines is 1. The summed E-state index contributed by atoms with van der Waals surface area (Å²) in [6.45, 7) is 4.74. The molecule has 4 aromatic rings. The molecular formula is C24H23N5O2. The Kier molecular flexibility index (Phi) is 5.00. The third-order valence-corrected chi connectivity index (χ3v) is 5.60. The predicted octanol–water partition coefficient (Wildman–Crippen LogP) is 3.80. The molecular weight excluding hydrogens is 390 g/mol. The zero-order valence-corrected chi connectivity index (χ0v) is 17.3. The molecule has 156 valence electrons. The zero-order chi connectivity index (χ0) is 21.2. The number of carbonyl (C=O) groups excluding carboxylic acids is 1. The molecule has 1 amide bonds. The zero-order valence-electron chi connectivity index (χ0n) is 17.3. The number of imidazole rings is 1. The number of aromatic nitrogens is 3. The van der Waals surface area contributed by atoms with Crippen molar-refractivity contribution in [1.29, 1.82) is 0 Å². The highest BCUT2D eigenvalue weighted by Gasteiger charge is 2.25. The minimum Gasteiger partial charge on any atom is -0.441 e. The van der Waals surface area contributed by atoms with Gasteiger partial charge in [-0.05, 0) is 36.4 Å². The highest BCUT2D eigenvalue weighted by molar-refractivity contribution is 5.93. The van der Waals surface area contributed by atoms with Crippen LogP contribution in [0.4, 0.5) is 5.69 Å². The molecule has 1 aliphatic rings. The van der Waals surface area contributed by atoms with E-state index in [2.05, 4.69) is 27.0 Å². The van der Waals surface area contributed by atoms with Crippen LogP contribution in [0.3, 0.4) is 0 Å². The second-order valence-electron chi connectivity index (χ2n) is 7.55. The maximum absolute atomic E-state index is 13.1. The Morgan fingerprint density at radius 3 is 2.32 bits per heavy atom. The first-order valence-electron chi connectivity index (χ1n) is 10.3. The number of carbonyl (C=O) groups is 1. The Morgan fingerprint density at radius 2 is 1.65 bits per heavy atom. The molecule has 1 fully saturated rings. The molecule has 0 spiro atoms. The molecule has 31 heavy (non-hydrogen) atoms. The van der Waals surface area contributed by atoms with Crippen LogP contribution >= 0.6 is 0 Å². The molecule has 7 heteroatoms. The highest BCUT2D eigenvalue weighted by Crippen LogP contribution is 2.25. The van der Waals surface area contributed by atoms with E-state index in [1.165, 1.54) is 0 Å². The standard InChI is InChI=1S/C24H23N5O2/c1-18-26-16-23(31-18)19-7-9-20(10-8-19)27-11-13-28(14-12-27)24(30)22-15-25-17-29(22)21-5-3-2-4-6-21/h2-10,15-17H,11-14H2,1H3. The van der Waals surface area contributed by atoms with Gasteiger partial charge >= 0.3 is 0 Å². The second-order valence-corrected chi connectivity index (χ2v) is 7.55. The van der Waals surface area contributed by atoms with Gasteiger partial charge in [-0.2, -0.15) is 0 Å². The number of piperazine rings is 1. The Labute approximate surface area is 180 Å². The molecule has 2 aromatic carbocycles. The van der Waals surface area contributed by atoms with Crippen LogP contribution in [-0.4, -0.2) is 51.5 Å². The summed E-state index contributed by atoms with van der Waals surface area (Å²) in [6.07, 6.45) is 5.08. The lowest BCUT2D eigenvalue weighted by molar-refractivity contribution is 0.0738. The summed E-state index contributed by atoms with van der Waals surface area (Å²) < 4.78 is 7.44. The second kappa shape index (κ2) is 8.10. The number of para-hydroxylation sites is 1. The third-order valence-electron chi connectivity index (χ3n) is 5.60. The van der Waals surface area contributed by atoms with Gasteiger partial charge < -0.3 is 14.2 Å². The smallest absolute Gasteiger partial charge is 0.272 e. The van der Waals surface area contributed by atoms with Crippen LogP contribution in [0.25, 0.3) is 17.0 Å². The first-order valence-corrected chi connectivity index (χ1v) is 10.3. The van der Waals surface area contributed by atoms with E-state index in [4.69, 9.17) is 4.42 Å². The molecule has 3 heterocycles. The SMILES string of the molecule is Cc1ncc(-c2ccc(N3CCN(C(=O)c4cncn4-c4ccccc4)CC3)cc2)o1. The van der Waals surface area contributed by atoms with Crippen molar-refractivity contribution in [3.8, 4) is 17.0 Å². The van der Waals surface area contributed by atoms with Gasteiger partial charge in [-0.3, -0.25) is 9.36 Å². The molecule has 0 aliphatic carbocycles. The number of aryl methyl sites for hydroxylation is 1. The van der Waals surface area contributed by atoms with Crippen LogP contribution in [0.2, 0.25) is 0 Å². The van der Waals surface area contributed by atoms with Crippen molar-refractivity contribution in [2.75, 3.05) is 31.1 Å². The summed E-state index contributed by atoms with van der Waals surface area (Å²) in [6, 6.07) is 18.1. The average molecular weight is 413 g/mol. The van der Waals surface area contributed by atoms with Gasteiger partial charge in [-0.1, -0.05) is 18.2 Å². The molecule has 0 N–H and O–H groups in total. The first-order chi connectivity index (χ1) is 15.2. The van der Waals surface area contributed by atoms with Crippen LogP contribution < -0.4 is 4.90 Å². The van der Waals surface area contributed by atoms with Crippen LogP contribution in [0.5, 0.6) is 0 Å². The van der Waals surface area contributed by atoms with Gasteiger partial charge in [0.05, 0.1) is 18.7 Å². The third kappa shape index (κ3) is 3.82. The van der Waals surface area contributed by atoms with Crippen molar-refractivity contribution in [1.82, 2.24) is 19.4 Å². The molecule has 0 radical (unpaired) electrons. The monoisotopic (exact) mass is 413 g/mol. The minimum absolute atomic E-state index is 0.0111. The number of hydrogen-bond donors (Lipinski definition) is 0. The normalized spacial score (nSPS) is 14.1. The van der Waals surface area contributed by atoms with Crippen molar-refractivity contribution in [3.63, 3.8) is 0 Å². The van der Waals surface area contributed by atoms with E-state index in [0.29, 0.717) is 24.7 Å². The van der Waals surface area contributed by atoms with E-state index in [-0.39, 0.29) is 5.91 Å². The lowest BCUT2D eigenvalue weighted by Gasteiger charge is -2.36. The average Bonchev–Trinajstić information content (AvgIpc) is 3.49. The van der Waals surface area contributed by atoms with Crippen molar-refractivity contribution in [3.05, 3.63) is 84.9 Å². The Morgan fingerprint density at radius 1 is 0.903 bits per heavy atom. The van der Waals surface area contributed by atoms with E-state index in [9.17, 15) is 4.79 Å². The largest absolute Gasteiger partial charge is 0.441 e. The van der Waals surface area contributed by atoms with Crippen molar-refractivity contribution in [2.24, 2.45) is 0 Å². The van der Waals surface area contributed by atoms with Gasteiger partial charge in [0.1, 0.15) is 5.69 Å². The summed E-state index contributed by atoms with van der Waals surface area (Å²) in [5.41, 5.74) is 3.67. The van der Waals surface area contributed by atoms with Crippen LogP contribution in [0.15, 0.2) is 77.7 Å². The molecule has 5 rings (SSSR count). The van der Waals surface area contributed by atoms with Crippen LogP contribution in [-0.2, 0) is 0 Å². The lowest BCUT2D eigenvalue weighted by atomic mass is 10.1. The molecule has 2 aromatic heterocycles. The molecule has 1 aliphatic heterocycles. The van der Waals surface area contributed by atoms with Crippen LogP contribution in [0.1, 0.15) is 16.4 Å². The van der Waals surface area contributed by atoms with Gasteiger partial charge in [0.2, 0.25) is 0 Å². The maximum atomic E-state index is 13.1. The van der Waals surface area contributed by atoms with Gasteiger partial charge in [0, 0.05) is 50.0 Å². The van der Waals surface area contributed by atoms with E-state index in [0.717, 1.165) is 35.8 Å². The summed E-state index contributed by atoms with van der Waals surface area (Å²) >= 11 is 0. The highest BCUT2D eigenvalue weighted by atomic mass is 16.4. The van der Waals surface area contributed by atoms with Gasteiger partial charge in [0.15, 0.2) is 11.7 Å². The maximum Gasteiger partial charge on any atom is 0.272 e. The summed E-state index contributed by atoms with van der Waals surface area (Å²) in [7, 11) is 0. The van der Waals surface area contributed by atoms with E-state index in [1.807, 2.05) is 58.9 Å². The summed E-state index contributed by atoms with van der Waals surface area (Å²) in [4.78, 5) is 25.7. The van der Waals surface area contributed by atoms with Gasteiger partial charge in [-0.25, -0.2) is 9.97 Å². The Bertz CT molecular complexity index is 1170. The van der Waals surface area contributed by atoms with E-state index < -0.39 is 0 Å².